The fraction of sp³-hybridized carbons (Fsp3) is 0.464. The summed E-state index contributed by atoms with van der Waals surface area (Å²) in [7, 11) is 0. The molecule has 4 bridgehead atoms. The summed E-state index contributed by atoms with van der Waals surface area (Å²) in [5.41, 5.74) is 7.07. The van der Waals surface area contributed by atoms with Gasteiger partial charge in [0.05, 0.1) is 0 Å². The van der Waals surface area contributed by atoms with Crippen LogP contribution in [0.2, 0.25) is 0 Å². The maximum atomic E-state index is 2.52. The van der Waals surface area contributed by atoms with Gasteiger partial charge in [0.15, 0.2) is 0 Å². The number of hydrogen-bond donors (Lipinski definition) is 0. The minimum atomic E-state index is 0. The molecule has 0 atom stereocenters. The normalized spacial score (nSPS) is 29.9. The molecule has 0 radical (unpaired) electrons. The van der Waals surface area contributed by atoms with Gasteiger partial charge in [0.25, 0.3) is 0 Å². The first-order valence-electron chi connectivity index (χ1n) is 11.4. The largest absolute Gasteiger partial charge is 0.164 e. The third kappa shape index (κ3) is 3.52. The Morgan fingerprint density at radius 3 is 2.14 bits per heavy atom. The summed E-state index contributed by atoms with van der Waals surface area (Å²) in [5, 5.41) is 2.88. The van der Waals surface area contributed by atoms with Crippen molar-refractivity contribution in [3.63, 3.8) is 0 Å². The van der Waals surface area contributed by atoms with E-state index in [1.165, 1.54) is 65.1 Å². The molecule has 4 aliphatic rings. The van der Waals surface area contributed by atoms with Crippen LogP contribution in [-0.2, 0) is 32.6 Å². The molecule has 3 aromatic carbocycles. The molecule has 1 heteroatoms. The van der Waals surface area contributed by atoms with Crippen LogP contribution in [-0.4, -0.2) is 0 Å². The van der Waals surface area contributed by atoms with E-state index in [0.29, 0.717) is 0 Å². The fourth-order valence-corrected chi connectivity index (χ4v) is 7.44. The third-order valence-electron chi connectivity index (χ3n) is 8.24. The predicted octanol–water partition coefficient (Wildman–Crippen LogP) is 7.45. The van der Waals surface area contributed by atoms with Gasteiger partial charge < -0.3 is 0 Å². The van der Waals surface area contributed by atoms with Crippen LogP contribution in [0, 0.1) is 43.4 Å². The van der Waals surface area contributed by atoms with Crippen molar-refractivity contribution in [1.29, 1.82) is 0 Å². The van der Waals surface area contributed by atoms with Crippen LogP contribution in [0.1, 0.15) is 48.8 Å². The number of hydrogen-bond acceptors (Lipinski definition) is 0. The van der Waals surface area contributed by atoms with Gasteiger partial charge in [-0.3, -0.25) is 0 Å². The second-order valence-electron chi connectivity index (χ2n) is 10.3. The van der Waals surface area contributed by atoms with Crippen LogP contribution in [0.4, 0.5) is 0 Å². The first-order valence-corrected chi connectivity index (χ1v) is 11.4. The fourth-order valence-electron chi connectivity index (χ4n) is 7.44. The van der Waals surface area contributed by atoms with E-state index in [-0.39, 0.29) is 26.2 Å². The second kappa shape index (κ2) is 7.56. The molecule has 0 saturated heterocycles. The van der Waals surface area contributed by atoms with Crippen LogP contribution < -0.4 is 0 Å². The van der Waals surface area contributed by atoms with E-state index in [0.717, 1.165) is 29.6 Å². The minimum Gasteiger partial charge on any atom is -0.164 e. The van der Waals surface area contributed by atoms with Gasteiger partial charge in [-0.05, 0) is 87.5 Å². The number of rotatable bonds is 3. The van der Waals surface area contributed by atoms with Gasteiger partial charge in [-0.15, -0.1) is 34.5 Å². The van der Waals surface area contributed by atoms with Crippen LogP contribution in [0.3, 0.4) is 0 Å². The Kier molecular flexibility index (Phi) is 5.18. The van der Waals surface area contributed by atoms with Crippen molar-refractivity contribution in [2.45, 2.75) is 52.4 Å². The molecule has 0 aliphatic heterocycles. The summed E-state index contributed by atoms with van der Waals surface area (Å²) in [6.07, 6.45) is 9.00. The molecule has 0 N–H and O–H groups in total. The molecule has 0 unspecified atom stereocenters. The Hall–Kier alpha value is -1.07. The van der Waals surface area contributed by atoms with Crippen LogP contribution >= 0.6 is 0 Å². The molecule has 3 aromatic rings. The quantitative estimate of drug-likeness (QED) is 0.357. The number of aryl methyl sites for hydroxylation is 2. The average molecular weight is 459 g/mol. The molecule has 29 heavy (non-hydrogen) atoms. The molecule has 148 valence electrons. The van der Waals surface area contributed by atoms with Gasteiger partial charge >= 0.3 is 0 Å². The van der Waals surface area contributed by atoms with Gasteiger partial charge in [-0.2, -0.15) is 6.07 Å². The smallest absolute Gasteiger partial charge is 0 e. The molecule has 4 fully saturated rings. The van der Waals surface area contributed by atoms with Crippen LogP contribution in [0.15, 0.2) is 48.5 Å². The van der Waals surface area contributed by atoms with Crippen molar-refractivity contribution in [2.24, 2.45) is 29.6 Å². The Bertz CT molecular complexity index is 991. The third-order valence-corrected chi connectivity index (χ3v) is 8.24. The summed E-state index contributed by atoms with van der Waals surface area (Å²) in [6, 6.07) is 18.8. The molecular weight excluding hydrogens is 428 g/mol. The zero-order valence-electron chi connectivity index (χ0n) is 17.7. The van der Waals surface area contributed by atoms with E-state index in [4.69, 9.17) is 0 Å². The van der Waals surface area contributed by atoms with E-state index in [2.05, 4.69) is 62.4 Å². The SMILES string of the molecule is Cc1cc(C)cc(-c2cccc3[cH-]c(CC4C5CC6CC(C5)CC4C6)cc23)c1.[Zr]. The topological polar surface area (TPSA) is 0 Å². The van der Waals surface area contributed by atoms with Crippen LogP contribution in [0.5, 0.6) is 0 Å². The summed E-state index contributed by atoms with van der Waals surface area (Å²) < 4.78 is 0. The number of benzene rings is 2. The maximum absolute atomic E-state index is 2.52. The molecule has 7 rings (SSSR count). The summed E-state index contributed by atoms with van der Waals surface area (Å²) >= 11 is 0. The van der Waals surface area contributed by atoms with Gasteiger partial charge in [0.1, 0.15) is 0 Å². The van der Waals surface area contributed by atoms with E-state index in [1.807, 2.05) is 0 Å². The van der Waals surface area contributed by atoms with Gasteiger partial charge in [-0.25, -0.2) is 0 Å². The first kappa shape index (κ1) is 19.9. The van der Waals surface area contributed by atoms with E-state index in [1.54, 1.807) is 12.0 Å². The summed E-state index contributed by atoms with van der Waals surface area (Å²) in [6.45, 7) is 4.42. The molecular formula is C28H31Zr-. The molecule has 0 spiro atoms. The zero-order valence-corrected chi connectivity index (χ0v) is 20.2. The van der Waals surface area contributed by atoms with Gasteiger partial charge in [0, 0.05) is 26.2 Å². The van der Waals surface area contributed by atoms with E-state index < -0.39 is 0 Å². The zero-order chi connectivity index (χ0) is 18.8. The van der Waals surface area contributed by atoms with Crippen molar-refractivity contribution in [3.05, 3.63) is 65.2 Å². The van der Waals surface area contributed by atoms with E-state index in [9.17, 15) is 0 Å². The first-order chi connectivity index (χ1) is 13.6. The Morgan fingerprint density at radius 1 is 0.828 bits per heavy atom. The molecule has 0 nitrogen and oxygen atoms in total. The molecule has 0 amide bonds. The summed E-state index contributed by atoms with van der Waals surface area (Å²) in [4.78, 5) is 0. The van der Waals surface area contributed by atoms with Crippen molar-refractivity contribution >= 4 is 10.8 Å². The van der Waals surface area contributed by atoms with Crippen molar-refractivity contribution in [1.82, 2.24) is 0 Å². The standard InChI is InChI=1S/C28H31.Zr/c1-17-6-18(2)8-23(7-17)26-5-3-4-22-10-21(16-28(22)26)15-27-24-11-19-9-20(13-24)14-25(27)12-19;/h3-8,10,16,19-20,24-25,27H,9,11-15H2,1-2H3;/q-1;. The van der Waals surface area contributed by atoms with Crippen LogP contribution in [0.25, 0.3) is 21.9 Å². The van der Waals surface area contributed by atoms with E-state index >= 15 is 0 Å². The molecule has 0 heterocycles. The Balaban J connectivity index is 0.00000181. The molecule has 0 aromatic heterocycles. The average Bonchev–Trinajstić information content (AvgIpc) is 3.06. The Labute approximate surface area is 194 Å². The molecule has 4 aliphatic carbocycles. The minimum absolute atomic E-state index is 0. The summed E-state index contributed by atoms with van der Waals surface area (Å²) in [5.74, 6) is 5.15. The maximum Gasteiger partial charge on any atom is 0 e. The number of fused-ring (bicyclic) bond motifs is 1. The van der Waals surface area contributed by atoms with Gasteiger partial charge in [-0.1, -0.05) is 41.0 Å². The molecule has 4 saturated carbocycles. The Morgan fingerprint density at radius 2 is 1.48 bits per heavy atom. The van der Waals surface area contributed by atoms with Gasteiger partial charge in [0.2, 0.25) is 0 Å². The monoisotopic (exact) mass is 457 g/mol. The van der Waals surface area contributed by atoms with Crippen molar-refractivity contribution in [2.75, 3.05) is 0 Å². The second-order valence-corrected chi connectivity index (χ2v) is 10.3. The predicted molar refractivity (Wildman–Crippen MR) is 119 cm³/mol. The van der Waals surface area contributed by atoms with Crippen molar-refractivity contribution in [3.8, 4) is 11.1 Å². The van der Waals surface area contributed by atoms with Crippen molar-refractivity contribution < 1.29 is 26.2 Å².